The molecule has 0 radical (unpaired) electrons. The summed E-state index contributed by atoms with van der Waals surface area (Å²) in [5.41, 5.74) is 6.44. The maximum atomic E-state index is 6.05. The molecule has 2 nitrogen and oxygen atoms in total. The first-order valence-corrected chi connectivity index (χ1v) is 6.40. The average Bonchev–Trinajstić information content (AvgIpc) is 2.51. The van der Waals surface area contributed by atoms with Crippen molar-refractivity contribution in [2.24, 2.45) is 23.0 Å². The van der Waals surface area contributed by atoms with Crippen molar-refractivity contribution in [3.8, 4) is 0 Å². The first kappa shape index (κ1) is 13.0. The molecule has 2 heteroatoms. The van der Waals surface area contributed by atoms with E-state index in [1.54, 1.807) is 0 Å². The van der Waals surface area contributed by atoms with Gasteiger partial charge in [0.25, 0.3) is 0 Å². The number of hydrogen-bond acceptors (Lipinski definition) is 2. The predicted octanol–water partition coefficient (Wildman–Crippen LogP) is 2.39. The molecule has 0 aromatic heterocycles. The lowest BCUT2D eigenvalue weighted by Gasteiger charge is -2.30. The van der Waals surface area contributed by atoms with Crippen molar-refractivity contribution in [2.75, 3.05) is 13.1 Å². The van der Waals surface area contributed by atoms with E-state index in [0.717, 1.165) is 19.0 Å². The topological polar surface area (TPSA) is 38.0 Å². The molecule has 0 heterocycles. The normalized spacial score (nSPS) is 27.6. The first-order chi connectivity index (χ1) is 6.93. The Morgan fingerprint density at radius 2 is 2.00 bits per heavy atom. The molecule has 90 valence electrons. The average molecular weight is 212 g/mol. The zero-order valence-electron chi connectivity index (χ0n) is 10.8. The summed E-state index contributed by atoms with van der Waals surface area (Å²) in [7, 11) is 0. The molecule has 3 N–H and O–H groups in total. The maximum Gasteiger partial charge on any atom is 0.00792 e. The lowest BCUT2D eigenvalue weighted by atomic mass is 9.81. The van der Waals surface area contributed by atoms with Crippen LogP contribution in [0.4, 0.5) is 0 Å². The van der Waals surface area contributed by atoms with Crippen molar-refractivity contribution in [1.82, 2.24) is 5.32 Å². The minimum Gasteiger partial charge on any atom is -0.327 e. The second-order valence-electron chi connectivity index (χ2n) is 6.13. The van der Waals surface area contributed by atoms with Crippen LogP contribution in [0.5, 0.6) is 0 Å². The van der Waals surface area contributed by atoms with Crippen molar-refractivity contribution in [1.29, 1.82) is 0 Å². The SMILES string of the molecule is CC(C)C(C)(C)CNCC1CCCC1N. The minimum atomic E-state index is 0.392. The van der Waals surface area contributed by atoms with Crippen LogP contribution in [-0.4, -0.2) is 19.1 Å². The van der Waals surface area contributed by atoms with Crippen LogP contribution >= 0.6 is 0 Å². The van der Waals surface area contributed by atoms with Crippen LogP contribution < -0.4 is 11.1 Å². The highest BCUT2D eigenvalue weighted by Crippen LogP contribution is 2.26. The predicted molar refractivity (Wildman–Crippen MR) is 66.8 cm³/mol. The van der Waals surface area contributed by atoms with Gasteiger partial charge in [-0.2, -0.15) is 0 Å². The van der Waals surface area contributed by atoms with Crippen molar-refractivity contribution in [2.45, 2.75) is 53.0 Å². The number of hydrogen-bond donors (Lipinski definition) is 2. The standard InChI is InChI=1S/C13H28N2/c1-10(2)13(3,4)9-15-8-11-6-5-7-12(11)14/h10-12,15H,5-9,14H2,1-4H3. The number of rotatable bonds is 5. The van der Waals surface area contributed by atoms with Crippen LogP contribution in [-0.2, 0) is 0 Å². The number of nitrogens with one attached hydrogen (secondary N) is 1. The van der Waals surface area contributed by atoms with Gasteiger partial charge in [0.15, 0.2) is 0 Å². The summed E-state index contributed by atoms with van der Waals surface area (Å²) in [6.07, 6.45) is 3.86. The monoisotopic (exact) mass is 212 g/mol. The fraction of sp³-hybridized carbons (Fsp3) is 1.00. The van der Waals surface area contributed by atoms with E-state index in [1.807, 2.05) is 0 Å². The fourth-order valence-electron chi connectivity index (χ4n) is 2.10. The smallest absolute Gasteiger partial charge is 0.00792 e. The van der Waals surface area contributed by atoms with E-state index in [2.05, 4.69) is 33.0 Å². The Bertz CT molecular complexity index is 187. The summed E-state index contributed by atoms with van der Waals surface area (Å²) in [5.74, 6) is 1.44. The lowest BCUT2D eigenvalue weighted by Crippen LogP contribution is -2.39. The minimum absolute atomic E-state index is 0.392. The Hall–Kier alpha value is -0.0800. The van der Waals surface area contributed by atoms with E-state index in [1.165, 1.54) is 19.3 Å². The molecule has 15 heavy (non-hydrogen) atoms. The highest BCUT2D eigenvalue weighted by Gasteiger charge is 2.25. The summed E-state index contributed by atoms with van der Waals surface area (Å²) in [5, 5.41) is 3.60. The van der Waals surface area contributed by atoms with Crippen molar-refractivity contribution in [3.05, 3.63) is 0 Å². The molecule has 1 fully saturated rings. The van der Waals surface area contributed by atoms with Gasteiger partial charge in [0, 0.05) is 12.6 Å². The first-order valence-electron chi connectivity index (χ1n) is 6.40. The molecule has 2 atom stereocenters. The van der Waals surface area contributed by atoms with Crippen molar-refractivity contribution in [3.63, 3.8) is 0 Å². The summed E-state index contributed by atoms with van der Waals surface area (Å²) in [6.45, 7) is 11.5. The van der Waals surface area contributed by atoms with Crippen LogP contribution in [0.15, 0.2) is 0 Å². The summed E-state index contributed by atoms with van der Waals surface area (Å²) in [4.78, 5) is 0. The van der Waals surface area contributed by atoms with Crippen LogP contribution in [0.1, 0.15) is 47.0 Å². The molecule has 1 aliphatic carbocycles. The van der Waals surface area contributed by atoms with Gasteiger partial charge in [-0.1, -0.05) is 34.1 Å². The third-order valence-electron chi connectivity index (χ3n) is 4.27. The molecule has 1 aliphatic rings. The molecule has 0 aromatic carbocycles. The third-order valence-corrected chi connectivity index (χ3v) is 4.27. The molecule has 0 aliphatic heterocycles. The van der Waals surface area contributed by atoms with E-state index in [-0.39, 0.29) is 0 Å². The van der Waals surface area contributed by atoms with Crippen LogP contribution in [0, 0.1) is 17.3 Å². The van der Waals surface area contributed by atoms with Gasteiger partial charge in [-0.3, -0.25) is 0 Å². The Labute approximate surface area is 95.0 Å². The highest BCUT2D eigenvalue weighted by molar-refractivity contribution is 4.83. The molecule has 0 spiro atoms. The van der Waals surface area contributed by atoms with E-state index >= 15 is 0 Å². The quantitative estimate of drug-likeness (QED) is 0.734. The molecule has 0 aromatic rings. The molecular weight excluding hydrogens is 184 g/mol. The van der Waals surface area contributed by atoms with E-state index < -0.39 is 0 Å². The van der Waals surface area contributed by atoms with Crippen LogP contribution in [0.3, 0.4) is 0 Å². The van der Waals surface area contributed by atoms with E-state index in [4.69, 9.17) is 5.73 Å². The molecule has 1 rings (SSSR count). The van der Waals surface area contributed by atoms with Gasteiger partial charge in [-0.05, 0) is 36.6 Å². The van der Waals surface area contributed by atoms with E-state index in [0.29, 0.717) is 17.4 Å². The second-order valence-corrected chi connectivity index (χ2v) is 6.13. The van der Waals surface area contributed by atoms with Crippen LogP contribution in [0.2, 0.25) is 0 Å². The molecule has 2 unspecified atom stereocenters. The number of nitrogens with two attached hydrogens (primary N) is 1. The van der Waals surface area contributed by atoms with Crippen molar-refractivity contribution < 1.29 is 0 Å². The van der Waals surface area contributed by atoms with Gasteiger partial charge in [-0.25, -0.2) is 0 Å². The van der Waals surface area contributed by atoms with Crippen molar-refractivity contribution >= 4 is 0 Å². The zero-order valence-corrected chi connectivity index (χ0v) is 10.8. The Morgan fingerprint density at radius 3 is 2.47 bits per heavy atom. The molecule has 0 amide bonds. The summed E-state index contributed by atoms with van der Waals surface area (Å²) >= 11 is 0. The molecular formula is C13H28N2. The van der Waals surface area contributed by atoms with Gasteiger partial charge < -0.3 is 11.1 Å². The van der Waals surface area contributed by atoms with Gasteiger partial charge >= 0.3 is 0 Å². The Kier molecular flexibility index (Phi) is 4.60. The fourth-order valence-corrected chi connectivity index (χ4v) is 2.10. The van der Waals surface area contributed by atoms with Gasteiger partial charge in [0.1, 0.15) is 0 Å². The lowest BCUT2D eigenvalue weighted by molar-refractivity contribution is 0.232. The molecule has 0 saturated heterocycles. The zero-order chi connectivity index (χ0) is 11.5. The largest absolute Gasteiger partial charge is 0.327 e. The summed E-state index contributed by atoms with van der Waals surface area (Å²) in [6, 6.07) is 0.444. The van der Waals surface area contributed by atoms with E-state index in [9.17, 15) is 0 Å². The Morgan fingerprint density at radius 1 is 1.33 bits per heavy atom. The third kappa shape index (κ3) is 3.76. The molecule has 0 bridgehead atoms. The maximum absolute atomic E-state index is 6.05. The Balaban J connectivity index is 2.21. The second kappa shape index (κ2) is 5.31. The van der Waals surface area contributed by atoms with Gasteiger partial charge in [-0.15, -0.1) is 0 Å². The van der Waals surface area contributed by atoms with Gasteiger partial charge in [0.05, 0.1) is 0 Å². The van der Waals surface area contributed by atoms with Crippen LogP contribution in [0.25, 0.3) is 0 Å². The summed E-state index contributed by atoms with van der Waals surface area (Å²) < 4.78 is 0. The highest BCUT2D eigenvalue weighted by atomic mass is 14.9. The molecule has 1 saturated carbocycles. The van der Waals surface area contributed by atoms with Gasteiger partial charge in [0.2, 0.25) is 0 Å².